The fraction of sp³-hybridized carbons (Fsp3) is 0.143. The fourth-order valence-corrected chi connectivity index (χ4v) is 3.15. The van der Waals surface area contributed by atoms with E-state index < -0.39 is 0 Å². The number of hydrogen-bond acceptors (Lipinski definition) is 3. The van der Waals surface area contributed by atoms with E-state index in [1.807, 2.05) is 65.5 Å². The number of ether oxygens (including phenoxy) is 1. The van der Waals surface area contributed by atoms with Gasteiger partial charge in [-0.25, -0.2) is 4.68 Å². The minimum atomic E-state index is 0.0939. The maximum absolute atomic E-state index is 12.8. The molecule has 0 saturated heterocycles. The Bertz CT molecular complexity index is 955. The highest BCUT2D eigenvalue weighted by Gasteiger charge is 2.22. The molecular weight excluding hydrogens is 312 g/mol. The van der Waals surface area contributed by atoms with Crippen LogP contribution in [0.3, 0.4) is 0 Å². The second-order valence-electron chi connectivity index (χ2n) is 6.08. The van der Waals surface area contributed by atoms with Gasteiger partial charge in [0.05, 0.1) is 19.0 Å². The monoisotopic (exact) mass is 330 g/mol. The molecule has 4 heteroatoms. The summed E-state index contributed by atoms with van der Waals surface area (Å²) in [7, 11) is 1.64. The number of aromatic nitrogens is 2. The Labute approximate surface area is 146 Å². The van der Waals surface area contributed by atoms with Crippen molar-refractivity contribution in [3.8, 4) is 11.4 Å². The lowest BCUT2D eigenvalue weighted by atomic mass is 9.86. The summed E-state index contributed by atoms with van der Waals surface area (Å²) in [5.74, 6) is 0.888. The average Bonchev–Trinajstić information content (AvgIpc) is 3.13. The molecule has 0 spiro atoms. The van der Waals surface area contributed by atoms with Gasteiger partial charge in [-0.3, -0.25) is 4.79 Å². The second kappa shape index (κ2) is 6.40. The zero-order valence-electron chi connectivity index (χ0n) is 14.0. The Morgan fingerprint density at radius 3 is 2.76 bits per heavy atom. The Morgan fingerprint density at radius 1 is 1.12 bits per heavy atom. The summed E-state index contributed by atoms with van der Waals surface area (Å²) in [5, 5.41) is 4.39. The molecule has 1 heterocycles. The average molecular weight is 330 g/mol. The molecule has 2 aromatic carbocycles. The first-order chi connectivity index (χ1) is 12.2. The van der Waals surface area contributed by atoms with Gasteiger partial charge in [-0.1, -0.05) is 18.2 Å². The third kappa shape index (κ3) is 2.98. The van der Waals surface area contributed by atoms with Crippen LogP contribution in [-0.2, 0) is 6.42 Å². The molecular formula is C21H18N2O2. The summed E-state index contributed by atoms with van der Waals surface area (Å²) in [6.45, 7) is 0. The molecule has 0 fully saturated rings. The Hall–Kier alpha value is -3.14. The number of carbonyl (C=O) groups is 1. The molecule has 0 saturated carbocycles. The first-order valence-corrected chi connectivity index (χ1v) is 8.27. The number of carbonyl (C=O) groups excluding carboxylic acids is 1. The van der Waals surface area contributed by atoms with Crippen LogP contribution in [0.1, 0.15) is 27.9 Å². The number of allylic oxidation sites excluding steroid dienone is 1. The molecule has 3 aromatic rings. The number of rotatable bonds is 3. The maximum atomic E-state index is 12.8. The van der Waals surface area contributed by atoms with Crippen molar-refractivity contribution in [2.75, 3.05) is 7.11 Å². The van der Waals surface area contributed by atoms with Crippen LogP contribution in [0.5, 0.6) is 5.75 Å². The summed E-state index contributed by atoms with van der Waals surface area (Å²) < 4.78 is 7.06. The first kappa shape index (κ1) is 15.4. The third-order valence-electron chi connectivity index (χ3n) is 4.48. The lowest BCUT2D eigenvalue weighted by Gasteiger charge is -2.18. The van der Waals surface area contributed by atoms with Gasteiger partial charge in [-0.15, -0.1) is 0 Å². The summed E-state index contributed by atoms with van der Waals surface area (Å²) >= 11 is 0. The smallest absolute Gasteiger partial charge is 0.189 e. The highest BCUT2D eigenvalue weighted by Crippen LogP contribution is 2.29. The Morgan fingerprint density at radius 2 is 1.96 bits per heavy atom. The van der Waals surface area contributed by atoms with Crippen molar-refractivity contribution < 1.29 is 9.53 Å². The number of nitrogens with zero attached hydrogens (tertiary/aromatic N) is 2. The molecule has 1 aliphatic carbocycles. The number of hydrogen-bond donors (Lipinski definition) is 0. The van der Waals surface area contributed by atoms with Crippen LogP contribution in [0.15, 0.2) is 66.5 Å². The highest BCUT2D eigenvalue weighted by atomic mass is 16.5. The van der Waals surface area contributed by atoms with Crippen molar-refractivity contribution in [3.05, 3.63) is 83.2 Å². The van der Waals surface area contributed by atoms with Gasteiger partial charge in [0.1, 0.15) is 5.75 Å². The van der Waals surface area contributed by atoms with E-state index in [-0.39, 0.29) is 5.78 Å². The van der Waals surface area contributed by atoms with E-state index in [0.29, 0.717) is 0 Å². The van der Waals surface area contributed by atoms with Gasteiger partial charge in [0.2, 0.25) is 0 Å². The molecule has 1 aromatic heterocycles. The van der Waals surface area contributed by atoms with E-state index in [1.165, 1.54) is 0 Å². The van der Waals surface area contributed by atoms with Crippen molar-refractivity contribution in [2.45, 2.75) is 12.8 Å². The quantitative estimate of drug-likeness (QED) is 0.679. The van der Waals surface area contributed by atoms with Gasteiger partial charge in [0, 0.05) is 22.9 Å². The minimum Gasteiger partial charge on any atom is -0.497 e. The molecule has 0 amide bonds. The molecule has 4 rings (SSSR count). The van der Waals surface area contributed by atoms with E-state index in [0.717, 1.165) is 46.5 Å². The summed E-state index contributed by atoms with van der Waals surface area (Å²) in [6.07, 6.45) is 7.25. The normalized spacial score (nSPS) is 15.2. The number of aryl methyl sites for hydroxylation is 1. The molecule has 124 valence electrons. The Kier molecular flexibility index (Phi) is 3.94. The number of Topliss-reactive ketones (excluding diaryl/α,β-unsaturated/α-hetero) is 1. The number of para-hydroxylation sites is 1. The predicted octanol–water partition coefficient (Wildman–Crippen LogP) is 4.09. The van der Waals surface area contributed by atoms with Crippen molar-refractivity contribution in [1.82, 2.24) is 9.78 Å². The van der Waals surface area contributed by atoms with Crippen LogP contribution in [0.25, 0.3) is 11.8 Å². The lowest BCUT2D eigenvalue weighted by molar-refractivity contribution is 0.102. The van der Waals surface area contributed by atoms with Crippen LogP contribution in [0.4, 0.5) is 0 Å². The van der Waals surface area contributed by atoms with Crippen LogP contribution in [0.2, 0.25) is 0 Å². The molecule has 0 radical (unpaired) electrons. The molecule has 0 N–H and O–H groups in total. The van der Waals surface area contributed by atoms with Crippen LogP contribution in [-0.4, -0.2) is 22.7 Å². The highest BCUT2D eigenvalue weighted by molar-refractivity contribution is 6.13. The van der Waals surface area contributed by atoms with E-state index in [2.05, 4.69) is 5.10 Å². The number of benzene rings is 2. The van der Waals surface area contributed by atoms with Gasteiger partial charge in [-0.2, -0.15) is 5.10 Å². The van der Waals surface area contributed by atoms with Crippen molar-refractivity contribution in [3.63, 3.8) is 0 Å². The third-order valence-corrected chi connectivity index (χ3v) is 4.48. The first-order valence-electron chi connectivity index (χ1n) is 8.27. The molecule has 25 heavy (non-hydrogen) atoms. The van der Waals surface area contributed by atoms with Gasteiger partial charge in [-0.05, 0) is 54.8 Å². The van der Waals surface area contributed by atoms with E-state index in [9.17, 15) is 4.79 Å². The van der Waals surface area contributed by atoms with E-state index in [1.54, 1.807) is 13.3 Å². The maximum Gasteiger partial charge on any atom is 0.189 e. The summed E-state index contributed by atoms with van der Waals surface area (Å²) in [4.78, 5) is 12.8. The van der Waals surface area contributed by atoms with Crippen LogP contribution >= 0.6 is 0 Å². The van der Waals surface area contributed by atoms with Gasteiger partial charge in [0.25, 0.3) is 0 Å². The molecule has 0 bridgehead atoms. The van der Waals surface area contributed by atoms with Gasteiger partial charge < -0.3 is 4.74 Å². The zero-order chi connectivity index (χ0) is 17.2. The predicted molar refractivity (Wildman–Crippen MR) is 97.2 cm³/mol. The Balaban J connectivity index is 1.62. The SMILES string of the molecule is COc1ccc2c(c1)CC/C(=C/c1cnn(-c3ccccc3)c1)C2=O. The fourth-order valence-electron chi connectivity index (χ4n) is 3.15. The molecule has 4 nitrogen and oxygen atoms in total. The topological polar surface area (TPSA) is 44.1 Å². The molecule has 0 atom stereocenters. The van der Waals surface area contributed by atoms with Crippen molar-refractivity contribution >= 4 is 11.9 Å². The second-order valence-corrected chi connectivity index (χ2v) is 6.08. The standard InChI is InChI=1S/C21H18N2O2/c1-25-19-9-10-20-16(12-19)7-8-17(21(20)24)11-15-13-22-23(14-15)18-5-3-2-4-6-18/h2-6,9-14H,7-8H2,1H3/b17-11-. The van der Waals surface area contributed by atoms with Gasteiger partial charge in [0.15, 0.2) is 5.78 Å². The molecule has 0 aliphatic heterocycles. The summed E-state index contributed by atoms with van der Waals surface area (Å²) in [6, 6.07) is 15.6. The van der Waals surface area contributed by atoms with Crippen molar-refractivity contribution in [2.24, 2.45) is 0 Å². The number of methoxy groups -OCH3 is 1. The van der Waals surface area contributed by atoms with E-state index in [4.69, 9.17) is 4.74 Å². The van der Waals surface area contributed by atoms with Gasteiger partial charge >= 0.3 is 0 Å². The largest absolute Gasteiger partial charge is 0.497 e. The number of fused-ring (bicyclic) bond motifs is 1. The zero-order valence-corrected chi connectivity index (χ0v) is 14.0. The molecule has 1 aliphatic rings. The summed E-state index contributed by atoms with van der Waals surface area (Å²) in [5.41, 5.74) is 4.59. The number of ketones is 1. The van der Waals surface area contributed by atoms with E-state index >= 15 is 0 Å². The van der Waals surface area contributed by atoms with Crippen molar-refractivity contribution in [1.29, 1.82) is 0 Å². The lowest BCUT2D eigenvalue weighted by Crippen LogP contribution is -2.14. The van der Waals surface area contributed by atoms with Crippen LogP contribution in [0, 0.1) is 0 Å². The van der Waals surface area contributed by atoms with Crippen LogP contribution < -0.4 is 4.74 Å². The minimum absolute atomic E-state index is 0.0939. The molecule has 0 unspecified atom stereocenters.